The van der Waals surface area contributed by atoms with Crippen molar-refractivity contribution in [3.8, 4) is 16.5 Å². The molecule has 6 nitrogen and oxygen atoms in total. The molecular formula is C27H34FN3O3S2. The number of rotatable bonds is 7. The number of benzene rings is 1. The summed E-state index contributed by atoms with van der Waals surface area (Å²) >= 11 is 1.58. The van der Waals surface area contributed by atoms with Gasteiger partial charge in [-0.3, -0.25) is 4.79 Å². The highest BCUT2D eigenvalue weighted by Gasteiger charge is 2.39. The summed E-state index contributed by atoms with van der Waals surface area (Å²) in [4.78, 5) is 21.2. The van der Waals surface area contributed by atoms with Gasteiger partial charge in [-0.2, -0.15) is 5.26 Å². The maximum Gasteiger partial charge on any atom is 0.153 e. The van der Waals surface area contributed by atoms with Gasteiger partial charge in [0.2, 0.25) is 0 Å². The smallest absolute Gasteiger partial charge is 0.153 e. The topological polar surface area (TPSA) is 91.1 Å². The number of aromatic nitrogens is 1. The highest BCUT2D eigenvalue weighted by molar-refractivity contribution is 7.91. The predicted octanol–water partition coefficient (Wildman–Crippen LogP) is 5.33. The second kappa shape index (κ2) is 11.0. The standard InChI is InChI=1S/C27H34FN3O3S2/c1-17(2)20(16-29)14-25(32)24-15-21(28)6-9-23(24)26-27(35-18(3)30-26)19-4-7-22(8-5-19)31-10-12-36(33,34)13-11-31/h4-5,7-8,17,20-21,23-24H,6,9-15H2,1-3H3/t20-,21+,23-,24-/m1/s1. The van der Waals surface area contributed by atoms with Crippen molar-refractivity contribution < 1.29 is 17.6 Å². The number of alkyl halides is 1. The third-order valence-electron chi connectivity index (χ3n) is 7.54. The van der Waals surface area contributed by atoms with Crippen molar-refractivity contribution in [1.82, 2.24) is 4.98 Å². The van der Waals surface area contributed by atoms with E-state index in [1.807, 2.05) is 45.0 Å². The summed E-state index contributed by atoms with van der Waals surface area (Å²) in [6.07, 6.45) is 0.304. The van der Waals surface area contributed by atoms with E-state index in [1.165, 1.54) is 0 Å². The third-order valence-corrected chi connectivity index (χ3v) is 10.2. The number of carbonyl (C=O) groups excluding carboxylic acids is 1. The molecule has 194 valence electrons. The molecule has 0 spiro atoms. The van der Waals surface area contributed by atoms with Crippen molar-refractivity contribution in [3.05, 3.63) is 35.0 Å². The molecule has 1 aliphatic carbocycles. The van der Waals surface area contributed by atoms with E-state index in [2.05, 4.69) is 11.0 Å². The number of nitriles is 1. The number of hydrogen-bond donors (Lipinski definition) is 0. The van der Waals surface area contributed by atoms with Crippen LogP contribution in [0.1, 0.15) is 56.2 Å². The Bertz CT molecular complexity index is 1220. The summed E-state index contributed by atoms with van der Waals surface area (Å²) in [7, 11) is -2.94. The Kier molecular flexibility index (Phi) is 8.15. The molecule has 1 saturated carbocycles. The quantitative estimate of drug-likeness (QED) is 0.480. The number of anilines is 1. The van der Waals surface area contributed by atoms with Crippen LogP contribution in [0.15, 0.2) is 24.3 Å². The van der Waals surface area contributed by atoms with Gasteiger partial charge in [-0.15, -0.1) is 11.3 Å². The lowest BCUT2D eigenvalue weighted by molar-refractivity contribution is -0.126. The SMILES string of the molecule is Cc1nc([C@@H]2CC[C@H](F)C[C@H]2C(=O)C[C@H](C#N)C(C)C)c(-c2ccc(N3CCS(=O)(=O)CC3)cc2)s1. The molecule has 2 fully saturated rings. The maximum atomic E-state index is 14.5. The van der Waals surface area contributed by atoms with Crippen LogP contribution in [-0.4, -0.2) is 50.0 Å². The summed E-state index contributed by atoms with van der Waals surface area (Å²) in [5.41, 5.74) is 2.84. The minimum Gasteiger partial charge on any atom is -0.369 e. The van der Waals surface area contributed by atoms with Crippen molar-refractivity contribution >= 4 is 32.6 Å². The average molecular weight is 532 g/mol. The van der Waals surface area contributed by atoms with E-state index in [-0.39, 0.29) is 47.9 Å². The number of sulfone groups is 1. The Labute approximate surface area is 217 Å². The van der Waals surface area contributed by atoms with Crippen LogP contribution in [0.5, 0.6) is 0 Å². The number of nitrogens with zero attached hydrogens (tertiary/aromatic N) is 3. The lowest BCUT2D eigenvalue weighted by atomic mass is 9.72. The van der Waals surface area contributed by atoms with Crippen LogP contribution >= 0.6 is 11.3 Å². The molecule has 0 N–H and O–H groups in total. The normalized spacial score (nSPS) is 24.9. The Morgan fingerprint density at radius 3 is 2.50 bits per heavy atom. The molecule has 2 aliphatic rings. The molecule has 0 radical (unpaired) electrons. The van der Waals surface area contributed by atoms with Crippen molar-refractivity contribution in [2.45, 2.75) is 58.5 Å². The predicted molar refractivity (Wildman–Crippen MR) is 142 cm³/mol. The van der Waals surface area contributed by atoms with Crippen LogP contribution in [-0.2, 0) is 14.6 Å². The molecule has 0 bridgehead atoms. The number of halogens is 1. The lowest BCUT2D eigenvalue weighted by Gasteiger charge is -2.33. The van der Waals surface area contributed by atoms with Crippen LogP contribution in [0.2, 0.25) is 0 Å². The van der Waals surface area contributed by atoms with Gasteiger partial charge in [0.05, 0.1) is 39.1 Å². The third kappa shape index (κ3) is 5.97. The van der Waals surface area contributed by atoms with Crippen molar-refractivity contribution in [2.24, 2.45) is 17.8 Å². The molecule has 1 aromatic carbocycles. The van der Waals surface area contributed by atoms with Crippen LogP contribution in [0.4, 0.5) is 10.1 Å². The zero-order chi connectivity index (χ0) is 26.0. The van der Waals surface area contributed by atoms with Crippen LogP contribution in [0.25, 0.3) is 10.4 Å². The van der Waals surface area contributed by atoms with E-state index < -0.39 is 21.9 Å². The van der Waals surface area contributed by atoms with Gasteiger partial charge in [-0.1, -0.05) is 26.0 Å². The van der Waals surface area contributed by atoms with E-state index in [0.717, 1.165) is 26.8 Å². The molecule has 4 rings (SSSR count). The molecule has 0 amide bonds. The number of Topliss-reactive ketones (excluding diaryl/α,β-unsaturated/α-hetero) is 1. The summed E-state index contributed by atoms with van der Waals surface area (Å²) < 4.78 is 38.0. The fourth-order valence-corrected chi connectivity index (χ4v) is 7.49. The minimum atomic E-state index is -2.94. The molecule has 2 aromatic rings. The fraction of sp³-hybridized carbons (Fsp3) is 0.593. The lowest BCUT2D eigenvalue weighted by Crippen LogP contribution is -2.40. The Morgan fingerprint density at radius 2 is 1.89 bits per heavy atom. The molecular weight excluding hydrogens is 497 g/mol. The van der Waals surface area contributed by atoms with Crippen molar-refractivity contribution in [2.75, 3.05) is 29.5 Å². The van der Waals surface area contributed by atoms with E-state index in [0.29, 0.717) is 25.9 Å². The zero-order valence-electron chi connectivity index (χ0n) is 21.1. The number of hydrogen-bond acceptors (Lipinski definition) is 7. The number of ketones is 1. The second-order valence-corrected chi connectivity index (χ2v) is 13.9. The number of aryl methyl sites for hydroxylation is 1. The van der Waals surface area contributed by atoms with E-state index in [1.54, 1.807) is 11.3 Å². The zero-order valence-corrected chi connectivity index (χ0v) is 22.7. The minimum absolute atomic E-state index is 0.0328. The van der Waals surface area contributed by atoms with Crippen molar-refractivity contribution in [3.63, 3.8) is 0 Å². The fourth-order valence-electron chi connectivity index (χ4n) is 5.30. The molecule has 9 heteroatoms. The summed E-state index contributed by atoms with van der Waals surface area (Å²) in [6.45, 7) is 6.80. The molecule has 2 heterocycles. The number of thiazole rings is 1. The second-order valence-electron chi connectivity index (χ2n) is 10.4. The first-order valence-electron chi connectivity index (χ1n) is 12.7. The van der Waals surface area contributed by atoms with Gasteiger partial charge in [-0.25, -0.2) is 17.8 Å². The summed E-state index contributed by atoms with van der Waals surface area (Å²) in [5, 5.41) is 10.4. The molecule has 1 saturated heterocycles. The molecule has 1 aromatic heterocycles. The largest absolute Gasteiger partial charge is 0.369 e. The van der Waals surface area contributed by atoms with Crippen molar-refractivity contribution in [1.29, 1.82) is 5.26 Å². The van der Waals surface area contributed by atoms with Gasteiger partial charge in [0.25, 0.3) is 0 Å². The summed E-state index contributed by atoms with van der Waals surface area (Å²) in [5.74, 6) is -0.632. The maximum absolute atomic E-state index is 14.5. The highest BCUT2D eigenvalue weighted by Crippen LogP contribution is 2.45. The monoisotopic (exact) mass is 531 g/mol. The van der Waals surface area contributed by atoms with Crippen LogP contribution < -0.4 is 4.90 Å². The van der Waals surface area contributed by atoms with Gasteiger partial charge < -0.3 is 4.90 Å². The first-order valence-corrected chi connectivity index (χ1v) is 15.3. The summed E-state index contributed by atoms with van der Waals surface area (Å²) in [6, 6.07) is 10.3. The number of carbonyl (C=O) groups is 1. The van der Waals surface area contributed by atoms with Crippen LogP contribution in [0.3, 0.4) is 0 Å². The molecule has 4 atom stereocenters. The first kappa shape index (κ1) is 26.7. The Balaban J connectivity index is 1.59. The molecule has 0 unspecified atom stereocenters. The Morgan fingerprint density at radius 1 is 1.22 bits per heavy atom. The van der Waals surface area contributed by atoms with Gasteiger partial charge >= 0.3 is 0 Å². The van der Waals surface area contributed by atoms with E-state index in [4.69, 9.17) is 4.98 Å². The first-order chi connectivity index (χ1) is 17.1. The van der Waals surface area contributed by atoms with E-state index in [9.17, 15) is 22.9 Å². The average Bonchev–Trinajstić information content (AvgIpc) is 3.23. The van der Waals surface area contributed by atoms with Gasteiger partial charge in [0, 0.05) is 37.0 Å². The molecule has 36 heavy (non-hydrogen) atoms. The van der Waals surface area contributed by atoms with Gasteiger partial charge in [0.1, 0.15) is 12.0 Å². The van der Waals surface area contributed by atoms with Gasteiger partial charge in [-0.05, 0) is 49.8 Å². The Hall–Kier alpha value is -2.31. The highest BCUT2D eigenvalue weighted by atomic mass is 32.2. The van der Waals surface area contributed by atoms with Crippen LogP contribution in [0, 0.1) is 36.0 Å². The van der Waals surface area contributed by atoms with Gasteiger partial charge in [0.15, 0.2) is 9.84 Å². The molecule has 1 aliphatic heterocycles. The van der Waals surface area contributed by atoms with E-state index >= 15 is 0 Å².